The Morgan fingerprint density at radius 2 is 2.50 bits per heavy atom. The minimum Gasteiger partial charge on any atom is -0.342 e. The Morgan fingerprint density at radius 1 is 1.70 bits per heavy atom. The lowest BCUT2D eigenvalue weighted by atomic mass is 10.1. The summed E-state index contributed by atoms with van der Waals surface area (Å²) in [6.07, 6.45) is 4.98. The molecule has 1 amide bonds. The van der Waals surface area contributed by atoms with Crippen LogP contribution in [0, 0.1) is 6.42 Å². The predicted molar refractivity (Wildman–Crippen MR) is 40.4 cm³/mol. The number of carbonyl (C=O) groups is 1. The molecule has 0 saturated carbocycles. The summed E-state index contributed by atoms with van der Waals surface area (Å²) in [4.78, 5) is 13.0. The largest absolute Gasteiger partial charge is 0.342 e. The molecule has 1 rings (SSSR count). The van der Waals surface area contributed by atoms with Crippen molar-refractivity contribution in [2.45, 2.75) is 26.2 Å². The van der Waals surface area contributed by atoms with E-state index in [2.05, 4.69) is 6.92 Å². The quantitative estimate of drug-likeness (QED) is 0.564. The maximum Gasteiger partial charge on any atom is 0.226 e. The summed E-state index contributed by atoms with van der Waals surface area (Å²) in [6.45, 7) is 3.99. The van der Waals surface area contributed by atoms with Gasteiger partial charge in [0.2, 0.25) is 5.91 Å². The molecule has 1 aliphatic rings. The van der Waals surface area contributed by atoms with Gasteiger partial charge in [0.15, 0.2) is 0 Å². The summed E-state index contributed by atoms with van der Waals surface area (Å²) in [5, 5.41) is 0. The smallest absolute Gasteiger partial charge is 0.226 e. The second kappa shape index (κ2) is 3.59. The van der Waals surface area contributed by atoms with Crippen molar-refractivity contribution in [2.75, 3.05) is 13.1 Å². The molecular formula is C8H14NO. The van der Waals surface area contributed by atoms with Crippen LogP contribution in [0.5, 0.6) is 0 Å². The number of likely N-dealkylation sites (tertiary alicyclic amines) is 1. The third kappa shape index (κ3) is 1.72. The zero-order chi connectivity index (χ0) is 7.40. The van der Waals surface area contributed by atoms with E-state index < -0.39 is 0 Å². The normalized spacial score (nSPS) is 19.7. The van der Waals surface area contributed by atoms with E-state index in [4.69, 9.17) is 0 Å². The van der Waals surface area contributed by atoms with Gasteiger partial charge in [-0.3, -0.25) is 4.79 Å². The molecule has 2 heteroatoms. The van der Waals surface area contributed by atoms with Crippen LogP contribution in [0.2, 0.25) is 0 Å². The van der Waals surface area contributed by atoms with Crippen LogP contribution in [-0.2, 0) is 4.79 Å². The molecule has 0 aromatic carbocycles. The van der Waals surface area contributed by atoms with Gasteiger partial charge < -0.3 is 4.90 Å². The van der Waals surface area contributed by atoms with E-state index in [9.17, 15) is 4.79 Å². The highest BCUT2D eigenvalue weighted by atomic mass is 16.2. The van der Waals surface area contributed by atoms with Gasteiger partial charge in [-0.05, 0) is 19.3 Å². The highest BCUT2D eigenvalue weighted by Gasteiger charge is 2.16. The summed E-state index contributed by atoms with van der Waals surface area (Å²) in [5.41, 5.74) is 0. The maximum absolute atomic E-state index is 11.1. The number of carbonyl (C=O) groups excluding carboxylic acids is 1. The first-order valence-electron chi connectivity index (χ1n) is 3.96. The van der Waals surface area contributed by atoms with E-state index in [-0.39, 0.29) is 5.91 Å². The standard InChI is InChI=1S/C8H14NO/c1-2-6-9-7-4-3-5-8(9)10/h5H,2-4,6-7H2,1H3. The SMILES string of the molecule is CCCN1CCC[CH]C1=O. The van der Waals surface area contributed by atoms with Gasteiger partial charge >= 0.3 is 0 Å². The minimum absolute atomic E-state index is 0.230. The van der Waals surface area contributed by atoms with Gasteiger partial charge in [-0.2, -0.15) is 0 Å². The number of rotatable bonds is 2. The Bertz CT molecular complexity index is 120. The van der Waals surface area contributed by atoms with Crippen molar-refractivity contribution in [2.24, 2.45) is 0 Å². The predicted octanol–water partition coefficient (Wildman–Crippen LogP) is 1.22. The highest BCUT2D eigenvalue weighted by molar-refractivity contribution is 5.85. The minimum atomic E-state index is 0.230. The maximum atomic E-state index is 11.1. The Labute approximate surface area is 62.2 Å². The molecule has 1 radical (unpaired) electrons. The van der Waals surface area contributed by atoms with Crippen molar-refractivity contribution in [3.63, 3.8) is 0 Å². The van der Waals surface area contributed by atoms with E-state index in [0.717, 1.165) is 32.4 Å². The first-order chi connectivity index (χ1) is 4.84. The van der Waals surface area contributed by atoms with Crippen LogP contribution in [0.4, 0.5) is 0 Å². The van der Waals surface area contributed by atoms with Gasteiger partial charge in [-0.25, -0.2) is 0 Å². The topological polar surface area (TPSA) is 20.3 Å². The van der Waals surface area contributed by atoms with Gasteiger partial charge in [0.1, 0.15) is 0 Å². The molecule has 1 aliphatic heterocycles. The highest BCUT2D eigenvalue weighted by Crippen LogP contribution is 2.08. The van der Waals surface area contributed by atoms with Crippen LogP contribution in [0.15, 0.2) is 0 Å². The van der Waals surface area contributed by atoms with Gasteiger partial charge in [0.25, 0.3) is 0 Å². The first kappa shape index (κ1) is 7.58. The van der Waals surface area contributed by atoms with Crippen molar-refractivity contribution in [3.8, 4) is 0 Å². The van der Waals surface area contributed by atoms with Crippen molar-refractivity contribution in [1.82, 2.24) is 4.90 Å². The second-order valence-electron chi connectivity index (χ2n) is 2.67. The number of hydrogen-bond acceptors (Lipinski definition) is 1. The molecule has 0 atom stereocenters. The fraction of sp³-hybridized carbons (Fsp3) is 0.750. The van der Waals surface area contributed by atoms with Crippen LogP contribution in [0.25, 0.3) is 0 Å². The van der Waals surface area contributed by atoms with E-state index in [1.165, 1.54) is 0 Å². The van der Waals surface area contributed by atoms with Gasteiger partial charge in [0.05, 0.1) is 0 Å². The van der Waals surface area contributed by atoms with Crippen molar-refractivity contribution in [1.29, 1.82) is 0 Å². The summed E-state index contributed by atoms with van der Waals surface area (Å²) in [5.74, 6) is 0.230. The zero-order valence-corrected chi connectivity index (χ0v) is 6.47. The third-order valence-corrected chi connectivity index (χ3v) is 1.76. The molecule has 10 heavy (non-hydrogen) atoms. The summed E-state index contributed by atoms with van der Waals surface area (Å²) in [6, 6.07) is 0. The van der Waals surface area contributed by atoms with E-state index in [1.54, 1.807) is 6.42 Å². The molecule has 0 aromatic rings. The Balaban J connectivity index is 2.32. The molecule has 1 fully saturated rings. The number of amides is 1. The summed E-state index contributed by atoms with van der Waals surface area (Å²) >= 11 is 0. The molecule has 1 saturated heterocycles. The number of nitrogens with zero attached hydrogens (tertiary/aromatic N) is 1. The van der Waals surface area contributed by atoms with Crippen molar-refractivity contribution < 1.29 is 4.79 Å². The summed E-state index contributed by atoms with van der Waals surface area (Å²) in [7, 11) is 0. The van der Waals surface area contributed by atoms with Crippen LogP contribution >= 0.6 is 0 Å². The average Bonchev–Trinajstić information content (AvgIpc) is 1.94. The first-order valence-corrected chi connectivity index (χ1v) is 3.96. The second-order valence-corrected chi connectivity index (χ2v) is 2.67. The lowest BCUT2D eigenvalue weighted by Gasteiger charge is -2.25. The molecule has 0 bridgehead atoms. The van der Waals surface area contributed by atoms with Gasteiger partial charge in [-0.1, -0.05) is 6.92 Å². The lowest BCUT2D eigenvalue weighted by molar-refractivity contribution is -0.129. The molecule has 0 N–H and O–H groups in total. The third-order valence-electron chi connectivity index (χ3n) is 1.76. The molecular weight excluding hydrogens is 126 g/mol. The fourth-order valence-corrected chi connectivity index (χ4v) is 1.24. The van der Waals surface area contributed by atoms with E-state index >= 15 is 0 Å². The molecule has 0 aromatic heterocycles. The van der Waals surface area contributed by atoms with Crippen molar-refractivity contribution >= 4 is 5.91 Å². The fourth-order valence-electron chi connectivity index (χ4n) is 1.24. The molecule has 0 aliphatic carbocycles. The lowest BCUT2D eigenvalue weighted by Crippen LogP contribution is -2.36. The molecule has 0 spiro atoms. The van der Waals surface area contributed by atoms with Crippen LogP contribution < -0.4 is 0 Å². The molecule has 1 heterocycles. The molecule has 2 nitrogen and oxygen atoms in total. The van der Waals surface area contributed by atoms with Crippen LogP contribution in [-0.4, -0.2) is 23.9 Å². The molecule has 57 valence electrons. The number of piperidine rings is 1. The van der Waals surface area contributed by atoms with Crippen LogP contribution in [0.1, 0.15) is 26.2 Å². The van der Waals surface area contributed by atoms with Crippen LogP contribution in [0.3, 0.4) is 0 Å². The van der Waals surface area contributed by atoms with Gasteiger partial charge in [-0.15, -0.1) is 0 Å². The van der Waals surface area contributed by atoms with Crippen molar-refractivity contribution in [3.05, 3.63) is 6.42 Å². The van der Waals surface area contributed by atoms with E-state index in [1.807, 2.05) is 4.90 Å². The van der Waals surface area contributed by atoms with Gasteiger partial charge in [0, 0.05) is 19.5 Å². The zero-order valence-electron chi connectivity index (χ0n) is 6.47. The Hall–Kier alpha value is -0.530. The monoisotopic (exact) mass is 140 g/mol. The average molecular weight is 140 g/mol. The van der Waals surface area contributed by atoms with E-state index in [0.29, 0.717) is 0 Å². The Kier molecular flexibility index (Phi) is 2.72. The molecule has 0 unspecified atom stereocenters. The Morgan fingerprint density at radius 3 is 3.10 bits per heavy atom. The number of hydrogen-bond donors (Lipinski definition) is 0. The summed E-state index contributed by atoms with van der Waals surface area (Å²) < 4.78 is 0.